The topological polar surface area (TPSA) is 9.86 Å². The number of benzene rings is 6. The van der Waals surface area contributed by atoms with Crippen molar-refractivity contribution in [2.75, 3.05) is 0 Å². The maximum Gasteiger partial charge on any atom is 0.0497 e. The summed E-state index contributed by atoms with van der Waals surface area (Å²) in [6.45, 7) is 16.0. The molecular formula is C61H68N2. The van der Waals surface area contributed by atoms with E-state index in [1.165, 1.54) is 141 Å². The molecule has 1 aliphatic carbocycles. The number of rotatable bonds is 18. The highest BCUT2D eigenvalue weighted by Gasteiger charge is 2.45. The number of hydrogen-bond acceptors (Lipinski definition) is 0. The van der Waals surface area contributed by atoms with Gasteiger partial charge in [0.15, 0.2) is 0 Å². The van der Waals surface area contributed by atoms with Gasteiger partial charge in [0, 0.05) is 62.1 Å². The van der Waals surface area contributed by atoms with E-state index < -0.39 is 0 Å². The molecule has 0 aliphatic heterocycles. The van der Waals surface area contributed by atoms with Crippen molar-refractivity contribution in [2.24, 2.45) is 11.8 Å². The minimum absolute atomic E-state index is 0.0385. The van der Waals surface area contributed by atoms with Crippen LogP contribution >= 0.6 is 0 Å². The van der Waals surface area contributed by atoms with Gasteiger partial charge in [0.1, 0.15) is 0 Å². The van der Waals surface area contributed by atoms with Gasteiger partial charge in [-0.1, -0.05) is 200 Å². The van der Waals surface area contributed by atoms with E-state index in [4.69, 9.17) is 0 Å². The number of fused-ring (bicyclic) bond motifs is 9. The van der Waals surface area contributed by atoms with Crippen molar-refractivity contribution in [2.45, 2.75) is 124 Å². The third kappa shape index (κ3) is 8.00. The van der Waals surface area contributed by atoms with Crippen molar-refractivity contribution in [1.29, 1.82) is 0 Å². The minimum Gasteiger partial charge on any atom is -0.341 e. The maximum absolute atomic E-state index is 2.60. The molecule has 2 atom stereocenters. The Balaban J connectivity index is 1.13. The summed E-state index contributed by atoms with van der Waals surface area (Å²) in [5.41, 5.74) is 16.3. The highest BCUT2D eigenvalue weighted by atomic mass is 15.0. The van der Waals surface area contributed by atoms with Crippen LogP contribution < -0.4 is 0 Å². The molecular weight excluding hydrogens is 761 g/mol. The zero-order valence-corrected chi connectivity index (χ0v) is 38.9. The van der Waals surface area contributed by atoms with Gasteiger partial charge in [-0.2, -0.15) is 0 Å². The van der Waals surface area contributed by atoms with E-state index in [1.54, 1.807) is 11.1 Å². The summed E-state index contributed by atoms with van der Waals surface area (Å²) in [4.78, 5) is 0. The molecule has 63 heavy (non-hydrogen) atoms. The van der Waals surface area contributed by atoms with Gasteiger partial charge in [0.05, 0.1) is 0 Å². The number of nitrogens with zero attached hydrogens (tertiary/aromatic N) is 2. The number of para-hydroxylation sites is 2. The average Bonchev–Trinajstić information content (AvgIpc) is 3.92. The Labute approximate surface area is 377 Å². The molecule has 322 valence electrons. The molecule has 6 aromatic carbocycles. The second kappa shape index (κ2) is 18.6. The van der Waals surface area contributed by atoms with Gasteiger partial charge in [0.2, 0.25) is 0 Å². The van der Waals surface area contributed by atoms with Crippen LogP contribution in [0.5, 0.6) is 0 Å². The van der Waals surface area contributed by atoms with E-state index in [-0.39, 0.29) is 5.41 Å². The monoisotopic (exact) mass is 829 g/mol. The fraction of sp³-hybridized carbons (Fsp3) is 0.344. The molecule has 0 spiro atoms. The molecule has 2 nitrogen and oxygen atoms in total. The predicted octanol–water partition coefficient (Wildman–Crippen LogP) is 17.8. The van der Waals surface area contributed by atoms with E-state index in [1.807, 2.05) is 0 Å². The molecule has 1 aliphatic rings. The highest BCUT2D eigenvalue weighted by molar-refractivity contribution is 6.09. The number of aryl methyl sites for hydroxylation is 2. The summed E-state index contributed by atoms with van der Waals surface area (Å²) in [6, 6.07) is 46.6. The standard InChI is InChI=1S/C61H68N2/c1-7-13-19-43(9-3)41-61(42-44(10-4)20-14-8-2)55-37-45(25-27-47-31-35-53-51-21-15-17-23-57(51)62(11-5)59(53)39-47)29-33-49(55)50-34-30-46(38-56(50)61)26-28-48-32-36-54-52-22-16-18-24-58(52)63(12-6)60(54)40-48/h15-18,21-40,43-44H,7-14,19-20,41-42H2,1-6H3/b27-25+,28-26+. The quantitative estimate of drug-likeness (QED) is 0.0763. The molecule has 2 heteroatoms. The van der Waals surface area contributed by atoms with Crippen molar-refractivity contribution >= 4 is 67.9 Å². The molecule has 9 rings (SSSR count). The number of unbranched alkanes of at least 4 members (excludes halogenated alkanes) is 2. The molecule has 0 bridgehead atoms. The van der Waals surface area contributed by atoms with Crippen LogP contribution in [0.25, 0.3) is 79.0 Å². The van der Waals surface area contributed by atoms with E-state index in [0.717, 1.165) is 13.1 Å². The largest absolute Gasteiger partial charge is 0.341 e. The first-order valence-corrected chi connectivity index (χ1v) is 24.6. The van der Waals surface area contributed by atoms with Gasteiger partial charge in [-0.3, -0.25) is 0 Å². The third-order valence-electron chi connectivity index (χ3n) is 14.9. The smallest absolute Gasteiger partial charge is 0.0497 e. The molecule has 2 unspecified atom stereocenters. The highest BCUT2D eigenvalue weighted by Crippen LogP contribution is 2.57. The molecule has 0 amide bonds. The first-order valence-electron chi connectivity index (χ1n) is 24.6. The van der Waals surface area contributed by atoms with Crippen LogP contribution in [0.1, 0.15) is 139 Å². The fourth-order valence-electron chi connectivity index (χ4n) is 11.5. The van der Waals surface area contributed by atoms with Crippen LogP contribution in [0.3, 0.4) is 0 Å². The van der Waals surface area contributed by atoms with Crippen LogP contribution in [-0.4, -0.2) is 9.13 Å². The van der Waals surface area contributed by atoms with Gasteiger partial charge >= 0.3 is 0 Å². The lowest BCUT2D eigenvalue weighted by Crippen LogP contribution is -2.31. The molecule has 2 heterocycles. The first-order chi connectivity index (χ1) is 30.9. The van der Waals surface area contributed by atoms with Crippen molar-refractivity contribution in [3.8, 4) is 11.1 Å². The summed E-state index contributed by atoms with van der Waals surface area (Å²) in [5.74, 6) is 1.36. The van der Waals surface area contributed by atoms with Crippen LogP contribution in [0, 0.1) is 11.8 Å². The molecule has 8 aromatic rings. The van der Waals surface area contributed by atoms with E-state index >= 15 is 0 Å². The van der Waals surface area contributed by atoms with E-state index in [9.17, 15) is 0 Å². The lowest BCUT2D eigenvalue weighted by Gasteiger charge is -2.39. The molecule has 0 saturated carbocycles. The maximum atomic E-state index is 2.60. The third-order valence-corrected chi connectivity index (χ3v) is 14.9. The molecule has 0 saturated heterocycles. The zero-order valence-electron chi connectivity index (χ0n) is 38.9. The van der Waals surface area contributed by atoms with Gasteiger partial charge in [-0.15, -0.1) is 0 Å². The van der Waals surface area contributed by atoms with Crippen molar-refractivity contribution < 1.29 is 0 Å². The summed E-state index contributed by atoms with van der Waals surface area (Å²) in [5, 5.41) is 5.35. The number of hydrogen-bond donors (Lipinski definition) is 0. The second-order valence-electron chi connectivity index (χ2n) is 18.7. The Morgan fingerprint density at radius 1 is 0.429 bits per heavy atom. The van der Waals surface area contributed by atoms with Gasteiger partial charge in [0.25, 0.3) is 0 Å². The molecule has 0 N–H and O–H groups in total. The van der Waals surface area contributed by atoms with Crippen LogP contribution in [-0.2, 0) is 18.5 Å². The first kappa shape index (κ1) is 42.7. The summed E-state index contributed by atoms with van der Waals surface area (Å²) < 4.78 is 4.92. The Kier molecular flexibility index (Phi) is 12.6. The molecule has 0 fully saturated rings. The van der Waals surface area contributed by atoms with Crippen molar-refractivity contribution in [1.82, 2.24) is 9.13 Å². The molecule has 0 radical (unpaired) electrons. The van der Waals surface area contributed by atoms with E-state index in [2.05, 4.69) is 196 Å². The summed E-state index contributed by atoms with van der Waals surface area (Å²) in [7, 11) is 0. The fourth-order valence-corrected chi connectivity index (χ4v) is 11.5. The Morgan fingerprint density at radius 2 is 0.810 bits per heavy atom. The Hall–Kier alpha value is -5.60. The van der Waals surface area contributed by atoms with Gasteiger partial charge in [-0.05, 0) is 107 Å². The van der Waals surface area contributed by atoms with Crippen molar-refractivity contribution in [3.05, 3.63) is 155 Å². The lowest BCUT2D eigenvalue weighted by molar-refractivity contribution is 0.266. The van der Waals surface area contributed by atoms with Crippen LogP contribution in [0.4, 0.5) is 0 Å². The van der Waals surface area contributed by atoms with Crippen molar-refractivity contribution in [3.63, 3.8) is 0 Å². The summed E-state index contributed by atoms with van der Waals surface area (Å²) in [6.07, 6.45) is 22.0. The van der Waals surface area contributed by atoms with Crippen LogP contribution in [0.15, 0.2) is 121 Å². The average molecular weight is 829 g/mol. The molecule has 2 aromatic heterocycles. The minimum atomic E-state index is -0.0385. The summed E-state index contributed by atoms with van der Waals surface area (Å²) >= 11 is 0. The Bertz CT molecular complexity index is 2740. The van der Waals surface area contributed by atoms with Gasteiger partial charge in [-0.25, -0.2) is 0 Å². The zero-order chi connectivity index (χ0) is 43.5. The normalized spacial score (nSPS) is 14.5. The number of aromatic nitrogens is 2. The lowest BCUT2D eigenvalue weighted by atomic mass is 9.65. The van der Waals surface area contributed by atoms with Gasteiger partial charge < -0.3 is 9.13 Å². The SMILES string of the molecule is CCCCC(CC)CC1(CC(CC)CCCC)c2cc(/C=C/c3ccc4c5ccccc5n(CC)c4c3)ccc2-c2ccc(/C=C/c3ccc4c5ccccc5n(CC)c4c3)cc21. The second-order valence-corrected chi connectivity index (χ2v) is 18.7. The van der Waals surface area contributed by atoms with Crippen LogP contribution in [0.2, 0.25) is 0 Å². The Morgan fingerprint density at radius 3 is 1.21 bits per heavy atom. The predicted molar refractivity (Wildman–Crippen MR) is 277 cm³/mol. The van der Waals surface area contributed by atoms with E-state index in [0.29, 0.717) is 11.8 Å².